The molecule has 0 saturated carbocycles. The Morgan fingerprint density at radius 1 is 1.19 bits per heavy atom. The predicted molar refractivity (Wildman–Crippen MR) is 99.8 cm³/mol. The molecule has 0 aliphatic carbocycles. The van der Waals surface area contributed by atoms with Crippen LogP contribution < -0.4 is 9.47 Å². The molecule has 0 amide bonds. The van der Waals surface area contributed by atoms with E-state index < -0.39 is 0 Å². The number of hydrogen-bond donors (Lipinski definition) is 0. The Bertz CT molecular complexity index is 757. The van der Waals surface area contributed by atoms with Crippen molar-refractivity contribution in [1.82, 2.24) is 9.88 Å². The zero-order valence-corrected chi connectivity index (χ0v) is 16.3. The van der Waals surface area contributed by atoms with Gasteiger partial charge in [0.05, 0.1) is 31.6 Å². The topological polar surface area (TPSA) is 57.0 Å². The summed E-state index contributed by atoms with van der Waals surface area (Å²) >= 11 is 0. The Balaban J connectivity index is 1.85. The van der Waals surface area contributed by atoms with Gasteiger partial charge in [0.25, 0.3) is 0 Å². The summed E-state index contributed by atoms with van der Waals surface area (Å²) in [6, 6.07) is 3.85. The molecule has 1 atom stereocenters. The number of piperidine rings is 1. The van der Waals surface area contributed by atoms with Crippen molar-refractivity contribution in [2.75, 3.05) is 34.4 Å². The number of aryl methyl sites for hydroxylation is 1. The second-order valence-corrected chi connectivity index (χ2v) is 6.73. The first-order chi connectivity index (χ1) is 12.6. The van der Waals surface area contributed by atoms with Crippen LogP contribution in [0.4, 0.5) is 0 Å². The van der Waals surface area contributed by atoms with Crippen molar-refractivity contribution in [2.45, 2.75) is 39.3 Å². The minimum absolute atomic E-state index is 0.305. The van der Waals surface area contributed by atoms with Crippen molar-refractivity contribution in [2.24, 2.45) is 0 Å². The fourth-order valence-electron chi connectivity index (χ4n) is 3.58. The molecule has 6 nitrogen and oxygen atoms in total. The summed E-state index contributed by atoms with van der Waals surface area (Å²) in [4.78, 5) is 7.14. The molecule has 1 aromatic carbocycles. The summed E-state index contributed by atoms with van der Waals surface area (Å²) in [7, 11) is 5.09. The molecule has 0 spiro atoms. The second kappa shape index (κ2) is 8.10. The molecule has 3 rings (SSSR count). The summed E-state index contributed by atoms with van der Waals surface area (Å²) in [6.45, 7) is 6.70. The number of benzene rings is 1. The highest BCUT2D eigenvalue weighted by atomic mass is 16.5. The fourth-order valence-corrected chi connectivity index (χ4v) is 3.58. The summed E-state index contributed by atoms with van der Waals surface area (Å²) < 4.78 is 22.5. The highest BCUT2D eigenvalue weighted by Gasteiger charge is 2.23. The third-order valence-electron chi connectivity index (χ3n) is 5.07. The summed E-state index contributed by atoms with van der Waals surface area (Å²) in [5, 5.41) is 0. The largest absolute Gasteiger partial charge is 0.496 e. The summed E-state index contributed by atoms with van der Waals surface area (Å²) in [6.07, 6.45) is 2.58. The molecule has 6 heteroatoms. The molecular weight excluding hydrogens is 332 g/mol. The first kappa shape index (κ1) is 18.7. The number of rotatable bonds is 6. The van der Waals surface area contributed by atoms with Crippen molar-refractivity contribution in [3.8, 4) is 23.0 Å². The van der Waals surface area contributed by atoms with Crippen LogP contribution in [0.5, 0.6) is 11.5 Å². The van der Waals surface area contributed by atoms with E-state index in [1.54, 1.807) is 21.3 Å². The van der Waals surface area contributed by atoms with Gasteiger partial charge in [-0.2, -0.15) is 0 Å². The lowest BCUT2D eigenvalue weighted by molar-refractivity contribution is 0.0280. The normalized spacial score (nSPS) is 18.1. The minimum atomic E-state index is 0.305. The van der Waals surface area contributed by atoms with Crippen LogP contribution in [0, 0.1) is 13.8 Å². The number of hydrogen-bond acceptors (Lipinski definition) is 6. The zero-order chi connectivity index (χ0) is 18.7. The minimum Gasteiger partial charge on any atom is -0.496 e. The number of likely N-dealkylation sites (tertiary alicyclic amines) is 1. The average molecular weight is 360 g/mol. The van der Waals surface area contributed by atoms with Crippen LogP contribution in [0.2, 0.25) is 0 Å². The van der Waals surface area contributed by atoms with E-state index >= 15 is 0 Å². The van der Waals surface area contributed by atoms with Crippen LogP contribution in [-0.4, -0.2) is 50.4 Å². The Morgan fingerprint density at radius 3 is 2.69 bits per heavy atom. The molecule has 0 unspecified atom stereocenters. The Labute approximate surface area is 155 Å². The van der Waals surface area contributed by atoms with Crippen LogP contribution >= 0.6 is 0 Å². The van der Waals surface area contributed by atoms with Gasteiger partial charge < -0.3 is 18.6 Å². The molecule has 0 N–H and O–H groups in total. The summed E-state index contributed by atoms with van der Waals surface area (Å²) in [5.41, 5.74) is 2.74. The molecule has 26 heavy (non-hydrogen) atoms. The van der Waals surface area contributed by atoms with Gasteiger partial charge in [0.1, 0.15) is 17.3 Å². The van der Waals surface area contributed by atoms with Gasteiger partial charge in [-0.25, -0.2) is 4.98 Å². The second-order valence-electron chi connectivity index (χ2n) is 6.73. The van der Waals surface area contributed by atoms with Crippen LogP contribution in [0.3, 0.4) is 0 Å². The molecule has 0 bridgehead atoms. The number of oxazole rings is 1. The Kier molecular flexibility index (Phi) is 5.84. The lowest BCUT2D eigenvalue weighted by Gasteiger charge is -2.31. The van der Waals surface area contributed by atoms with Crippen molar-refractivity contribution in [1.29, 1.82) is 0 Å². The maximum Gasteiger partial charge on any atom is 0.230 e. The number of aromatic nitrogens is 1. The van der Waals surface area contributed by atoms with Crippen molar-refractivity contribution in [3.63, 3.8) is 0 Å². The highest BCUT2D eigenvalue weighted by molar-refractivity contribution is 5.68. The van der Waals surface area contributed by atoms with Gasteiger partial charge in [-0.15, -0.1) is 0 Å². The molecule has 1 aromatic heterocycles. The van der Waals surface area contributed by atoms with E-state index in [0.29, 0.717) is 12.0 Å². The third-order valence-corrected chi connectivity index (χ3v) is 5.07. The lowest BCUT2D eigenvalue weighted by atomic mass is 10.1. The first-order valence-electron chi connectivity index (χ1n) is 9.00. The van der Waals surface area contributed by atoms with Gasteiger partial charge in [0, 0.05) is 25.8 Å². The van der Waals surface area contributed by atoms with E-state index in [9.17, 15) is 0 Å². The highest BCUT2D eigenvalue weighted by Crippen LogP contribution is 2.38. The van der Waals surface area contributed by atoms with Crippen LogP contribution in [0.1, 0.15) is 29.9 Å². The van der Waals surface area contributed by atoms with Gasteiger partial charge >= 0.3 is 0 Å². The SMILES string of the molecule is COc1ccc(-c2nc(CN3CCC[C@H](OC)C3)c(C)o2)c(OC)c1C. The predicted octanol–water partition coefficient (Wildman–Crippen LogP) is 3.59. The van der Waals surface area contributed by atoms with Gasteiger partial charge in [0.15, 0.2) is 0 Å². The molecule has 1 saturated heterocycles. The van der Waals surface area contributed by atoms with Crippen LogP contribution in [0.15, 0.2) is 16.5 Å². The van der Waals surface area contributed by atoms with Gasteiger partial charge in [-0.05, 0) is 45.4 Å². The van der Waals surface area contributed by atoms with E-state index in [1.165, 1.54) is 0 Å². The first-order valence-corrected chi connectivity index (χ1v) is 9.00. The van der Waals surface area contributed by atoms with Crippen LogP contribution in [-0.2, 0) is 11.3 Å². The molecule has 0 radical (unpaired) electrons. The average Bonchev–Trinajstić information content (AvgIpc) is 3.01. The molecule has 1 fully saturated rings. The molecule has 1 aliphatic heterocycles. The number of methoxy groups -OCH3 is 3. The number of nitrogens with zero attached hydrogens (tertiary/aromatic N) is 2. The standard InChI is InChI=1S/C20H28N2O4/c1-13-18(24-4)9-8-16(19(13)25-5)20-21-17(14(2)26-20)12-22-10-6-7-15(11-22)23-3/h8-9,15H,6-7,10-12H2,1-5H3/t15-/m0/s1. The molecule has 1 aliphatic rings. The third kappa shape index (κ3) is 3.71. The molecule has 142 valence electrons. The maximum atomic E-state index is 5.98. The zero-order valence-electron chi connectivity index (χ0n) is 16.3. The molecular formula is C20H28N2O4. The van der Waals surface area contributed by atoms with E-state index in [0.717, 1.165) is 66.6 Å². The van der Waals surface area contributed by atoms with E-state index in [2.05, 4.69) is 4.90 Å². The van der Waals surface area contributed by atoms with Gasteiger partial charge in [-0.3, -0.25) is 4.90 Å². The Hall–Kier alpha value is -2.05. The lowest BCUT2D eigenvalue weighted by Crippen LogP contribution is -2.38. The van der Waals surface area contributed by atoms with E-state index in [1.807, 2.05) is 26.0 Å². The molecule has 2 aromatic rings. The number of ether oxygens (including phenoxy) is 3. The van der Waals surface area contributed by atoms with Gasteiger partial charge in [0.2, 0.25) is 5.89 Å². The van der Waals surface area contributed by atoms with E-state index in [-0.39, 0.29) is 0 Å². The van der Waals surface area contributed by atoms with Crippen molar-refractivity contribution in [3.05, 3.63) is 29.2 Å². The van der Waals surface area contributed by atoms with Crippen LogP contribution in [0.25, 0.3) is 11.5 Å². The summed E-state index contributed by atoms with van der Waals surface area (Å²) in [5.74, 6) is 2.94. The smallest absolute Gasteiger partial charge is 0.230 e. The van der Waals surface area contributed by atoms with E-state index in [4.69, 9.17) is 23.6 Å². The fraction of sp³-hybridized carbons (Fsp3) is 0.550. The van der Waals surface area contributed by atoms with Crippen molar-refractivity contribution >= 4 is 0 Å². The quantitative estimate of drug-likeness (QED) is 0.785. The monoisotopic (exact) mass is 360 g/mol. The maximum absolute atomic E-state index is 5.98. The Morgan fingerprint density at radius 2 is 2.00 bits per heavy atom. The molecule has 2 heterocycles. The van der Waals surface area contributed by atoms with Crippen molar-refractivity contribution < 1.29 is 18.6 Å². The van der Waals surface area contributed by atoms with Gasteiger partial charge in [-0.1, -0.05) is 0 Å².